The number of aryl methyl sites for hydroxylation is 1. The largest absolute Gasteiger partial charge is 0.507 e. The number of aldehydes is 1. The fraction of sp³-hybridized carbons (Fsp3) is 0.333. The van der Waals surface area contributed by atoms with E-state index < -0.39 is 5.63 Å². The summed E-state index contributed by atoms with van der Waals surface area (Å²) in [7, 11) is 1.79. The van der Waals surface area contributed by atoms with Crippen LogP contribution >= 0.6 is 0 Å². The fourth-order valence-corrected chi connectivity index (χ4v) is 2.10. The maximum atomic E-state index is 11.8. The van der Waals surface area contributed by atoms with E-state index in [-0.39, 0.29) is 16.9 Å². The molecule has 0 spiro atoms. The average molecular weight is 291 g/mol. The highest BCUT2D eigenvalue weighted by Gasteiger charge is 2.19. The van der Waals surface area contributed by atoms with Gasteiger partial charge in [0.15, 0.2) is 11.9 Å². The third kappa shape index (κ3) is 2.62. The summed E-state index contributed by atoms with van der Waals surface area (Å²) in [5.74, 6) is 0.107. The predicted molar refractivity (Wildman–Crippen MR) is 78.4 cm³/mol. The van der Waals surface area contributed by atoms with E-state index in [4.69, 9.17) is 9.15 Å². The fourth-order valence-electron chi connectivity index (χ4n) is 2.10. The number of carbonyl (C=O) groups excluding carboxylic acids is 1. The lowest BCUT2D eigenvalue weighted by molar-refractivity contribution is 0.112. The standard InChI is InChI=1S/C15H17NO5/c1-8-9(2)15(19)21-14-10(7-17)11(18)6-12(13(8)14)20-5-4-16-3/h6-7,16,18H,4-5H2,1-3H3. The van der Waals surface area contributed by atoms with Crippen LogP contribution in [-0.2, 0) is 0 Å². The van der Waals surface area contributed by atoms with E-state index in [1.807, 2.05) is 0 Å². The number of carbonyl (C=O) groups is 1. The van der Waals surface area contributed by atoms with Crippen LogP contribution in [0.25, 0.3) is 11.0 Å². The molecule has 0 bridgehead atoms. The van der Waals surface area contributed by atoms with Crippen molar-refractivity contribution in [1.29, 1.82) is 0 Å². The Bertz CT molecular complexity index is 748. The lowest BCUT2D eigenvalue weighted by Gasteiger charge is -2.13. The van der Waals surface area contributed by atoms with E-state index >= 15 is 0 Å². The average Bonchev–Trinajstić information content (AvgIpc) is 2.45. The molecule has 0 saturated heterocycles. The van der Waals surface area contributed by atoms with Gasteiger partial charge in [0.1, 0.15) is 18.1 Å². The number of hydrogen-bond donors (Lipinski definition) is 2. The molecule has 6 nitrogen and oxygen atoms in total. The van der Waals surface area contributed by atoms with Gasteiger partial charge in [0.05, 0.1) is 10.9 Å². The summed E-state index contributed by atoms with van der Waals surface area (Å²) in [5, 5.41) is 13.4. The van der Waals surface area contributed by atoms with Crippen LogP contribution in [0.5, 0.6) is 11.5 Å². The molecule has 0 aliphatic rings. The zero-order valence-corrected chi connectivity index (χ0v) is 12.1. The Morgan fingerprint density at radius 2 is 2.10 bits per heavy atom. The van der Waals surface area contributed by atoms with Crippen LogP contribution in [0.1, 0.15) is 21.5 Å². The topological polar surface area (TPSA) is 88.8 Å². The second kappa shape index (κ2) is 5.97. The number of phenolic OH excluding ortho intramolecular Hbond substituents is 1. The Morgan fingerprint density at radius 1 is 1.38 bits per heavy atom. The first-order valence-corrected chi connectivity index (χ1v) is 6.53. The van der Waals surface area contributed by atoms with Gasteiger partial charge >= 0.3 is 5.63 Å². The van der Waals surface area contributed by atoms with E-state index in [0.717, 1.165) is 0 Å². The Balaban J connectivity index is 2.77. The van der Waals surface area contributed by atoms with Crippen molar-refractivity contribution >= 4 is 17.3 Å². The van der Waals surface area contributed by atoms with Crippen LogP contribution in [0.4, 0.5) is 0 Å². The molecule has 1 heterocycles. The van der Waals surface area contributed by atoms with Crippen LogP contribution in [0.3, 0.4) is 0 Å². The highest BCUT2D eigenvalue weighted by Crippen LogP contribution is 2.36. The summed E-state index contributed by atoms with van der Waals surface area (Å²) in [6, 6.07) is 1.37. The lowest BCUT2D eigenvalue weighted by Crippen LogP contribution is -2.16. The van der Waals surface area contributed by atoms with Crippen molar-refractivity contribution < 1.29 is 19.1 Å². The SMILES string of the molecule is CNCCOc1cc(O)c(C=O)c2oc(=O)c(C)c(C)c12. The number of hydrogen-bond acceptors (Lipinski definition) is 6. The van der Waals surface area contributed by atoms with Crippen molar-refractivity contribution in [3.8, 4) is 11.5 Å². The normalized spacial score (nSPS) is 10.8. The van der Waals surface area contributed by atoms with Gasteiger partial charge in [-0.2, -0.15) is 0 Å². The Hall–Kier alpha value is -2.34. The molecule has 2 aromatic rings. The zero-order valence-electron chi connectivity index (χ0n) is 12.1. The summed E-state index contributed by atoms with van der Waals surface area (Å²) in [6.45, 7) is 4.40. The molecular formula is C15H17NO5. The quantitative estimate of drug-likeness (QED) is 0.493. The van der Waals surface area contributed by atoms with E-state index in [2.05, 4.69) is 5.32 Å². The minimum Gasteiger partial charge on any atom is -0.507 e. The number of nitrogens with one attached hydrogen (secondary N) is 1. The first kappa shape index (κ1) is 15.1. The van der Waals surface area contributed by atoms with E-state index in [0.29, 0.717) is 41.7 Å². The van der Waals surface area contributed by atoms with Gasteiger partial charge in [0.25, 0.3) is 0 Å². The highest BCUT2D eigenvalue weighted by molar-refractivity contribution is 6.01. The zero-order chi connectivity index (χ0) is 15.6. The third-order valence-electron chi connectivity index (χ3n) is 3.43. The minimum absolute atomic E-state index is 0.0498. The molecule has 0 atom stereocenters. The maximum absolute atomic E-state index is 11.8. The molecule has 6 heteroatoms. The van der Waals surface area contributed by atoms with Crippen LogP contribution in [0, 0.1) is 13.8 Å². The molecule has 0 aliphatic heterocycles. The van der Waals surface area contributed by atoms with E-state index in [9.17, 15) is 14.7 Å². The number of benzene rings is 1. The smallest absolute Gasteiger partial charge is 0.339 e. The van der Waals surface area contributed by atoms with Gasteiger partial charge < -0.3 is 19.6 Å². The van der Waals surface area contributed by atoms with Crippen LogP contribution in [0.15, 0.2) is 15.3 Å². The van der Waals surface area contributed by atoms with Crippen molar-refractivity contribution in [3.63, 3.8) is 0 Å². The van der Waals surface area contributed by atoms with Gasteiger partial charge in [-0.1, -0.05) is 0 Å². The van der Waals surface area contributed by atoms with Crippen molar-refractivity contribution in [2.24, 2.45) is 0 Å². The molecule has 2 N–H and O–H groups in total. The summed E-state index contributed by atoms with van der Waals surface area (Å²) < 4.78 is 10.8. The summed E-state index contributed by atoms with van der Waals surface area (Å²) in [5.41, 5.74) is 0.589. The number of aromatic hydroxyl groups is 1. The van der Waals surface area contributed by atoms with Gasteiger partial charge in [-0.3, -0.25) is 4.79 Å². The Labute approximate surface area is 121 Å². The molecular weight excluding hydrogens is 274 g/mol. The molecule has 112 valence electrons. The first-order chi connectivity index (χ1) is 10.0. The first-order valence-electron chi connectivity index (χ1n) is 6.53. The van der Waals surface area contributed by atoms with Gasteiger partial charge in [-0.15, -0.1) is 0 Å². The van der Waals surface area contributed by atoms with E-state index in [1.54, 1.807) is 20.9 Å². The molecule has 0 unspecified atom stereocenters. The number of likely N-dealkylation sites (N-methyl/N-ethyl adjacent to an activating group) is 1. The van der Waals surface area contributed by atoms with E-state index in [1.165, 1.54) is 6.07 Å². The number of ether oxygens (including phenoxy) is 1. The van der Waals surface area contributed by atoms with Gasteiger partial charge in [-0.05, 0) is 26.5 Å². The highest BCUT2D eigenvalue weighted by atomic mass is 16.5. The lowest BCUT2D eigenvalue weighted by atomic mass is 10.0. The van der Waals surface area contributed by atoms with Crippen molar-refractivity contribution in [2.75, 3.05) is 20.2 Å². The monoisotopic (exact) mass is 291 g/mol. The molecule has 1 aromatic heterocycles. The maximum Gasteiger partial charge on any atom is 0.339 e. The predicted octanol–water partition coefficient (Wildman–Crippen LogP) is 1.53. The number of fused-ring (bicyclic) bond motifs is 1. The van der Waals surface area contributed by atoms with Gasteiger partial charge in [0.2, 0.25) is 0 Å². The molecule has 2 rings (SSSR count). The molecule has 1 aromatic carbocycles. The summed E-state index contributed by atoms with van der Waals surface area (Å²) in [4.78, 5) is 22.9. The Morgan fingerprint density at radius 3 is 2.71 bits per heavy atom. The molecule has 0 saturated carbocycles. The van der Waals surface area contributed by atoms with Gasteiger partial charge in [-0.25, -0.2) is 4.79 Å². The number of rotatable bonds is 5. The summed E-state index contributed by atoms with van der Waals surface area (Å²) in [6.07, 6.45) is 0.465. The second-order valence-corrected chi connectivity index (χ2v) is 4.72. The van der Waals surface area contributed by atoms with Crippen LogP contribution < -0.4 is 15.7 Å². The third-order valence-corrected chi connectivity index (χ3v) is 3.43. The Kier molecular flexibility index (Phi) is 4.28. The van der Waals surface area contributed by atoms with Crippen molar-refractivity contribution in [1.82, 2.24) is 5.32 Å². The number of phenols is 1. The van der Waals surface area contributed by atoms with Crippen LogP contribution in [-0.4, -0.2) is 31.6 Å². The molecule has 0 amide bonds. The molecule has 0 fully saturated rings. The van der Waals surface area contributed by atoms with Crippen LogP contribution in [0.2, 0.25) is 0 Å². The molecule has 0 aliphatic carbocycles. The minimum atomic E-state index is -0.533. The van der Waals surface area contributed by atoms with Crippen molar-refractivity contribution in [3.05, 3.63) is 33.2 Å². The summed E-state index contributed by atoms with van der Waals surface area (Å²) >= 11 is 0. The van der Waals surface area contributed by atoms with Gasteiger partial charge in [0, 0.05) is 18.2 Å². The van der Waals surface area contributed by atoms with Crippen molar-refractivity contribution in [2.45, 2.75) is 13.8 Å². The molecule has 0 radical (unpaired) electrons. The second-order valence-electron chi connectivity index (χ2n) is 4.72. The molecule has 21 heavy (non-hydrogen) atoms.